The lowest BCUT2D eigenvalue weighted by molar-refractivity contribution is -0.192. The predicted octanol–water partition coefficient (Wildman–Crippen LogP) is 3.54. The number of hydrogen-bond donors (Lipinski definition) is 1. The summed E-state index contributed by atoms with van der Waals surface area (Å²) in [6, 6.07) is 8.13. The molecule has 1 aliphatic heterocycles. The molecule has 1 N–H and O–H groups in total. The molecule has 4 aromatic rings. The first-order valence-corrected chi connectivity index (χ1v) is 11.0. The third-order valence-electron chi connectivity index (χ3n) is 5.62. The molecular formula is C23H24F3N7O2. The first-order valence-electron chi connectivity index (χ1n) is 11.0. The third-order valence-corrected chi connectivity index (χ3v) is 5.62. The highest BCUT2D eigenvalue weighted by molar-refractivity contribution is 5.73. The quantitative estimate of drug-likeness (QED) is 0.470. The van der Waals surface area contributed by atoms with Crippen LogP contribution in [0.25, 0.3) is 16.8 Å². The molecule has 35 heavy (non-hydrogen) atoms. The molecule has 5 rings (SSSR count). The summed E-state index contributed by atoms with van der Waals surface area (Å²) >= 11 is 0. The van der Waals surface area contributed by atoms with Gasteiger partial charge in [0.1, 0.15) is 0 Å². The average molecular weight is 487 g/mol. The molecule has 0 aliphatic carbocycles. The predicted molar refractivity (Wildman–Crippen MR) is 120 cm³/mol. The molecule has 5 heterocycles. The summed E-state index contributed by atoms with van der Waals surface area (Å²) < 4.78 is 35.5. The highest BCUT2D eigenvalue weighted by atomic mass is 19.4. The van der Waals surface area contributed by atoms with Gasteiger partial charge in [0.05, 0.1) is 6.20 Å². The molecule has 1 atom stereocenters. The molecule has 0 amide bonds. The summed E-state index contributed by atoms with van der Waals surface area (Å²) in [5, 5.41) is 16.2. The van der Waals surface area contributed by atoms with E-state index in [-0.39, 0.29) is 0 Å². The first-order chi connectivity index (χ1) is 16.7. The monoisotopic (exact) mass is 487 g/mol. The summed E-state index contributed by atoms with van der Waals surface area (Å²) in [6.07, 6.45) is 6.96. The minimum atomic E-state index is -5.08. The van der Waals surface area contributed by atoms with E-state index >= 15 is 0 Å². The van der Waals surface area contributed by atoms with E-state index in [0.29, 0.717) is 5.92 Å². The highest BCUT2D eigenvalue weighted by Crippen LogP contribution is 2.27. The Balaban J connectivity index is 0.000000364. The molecule has 0 radical (unpaired) electrons. The maximum absolute atomic E-state index is 10.6. The zero-order valence-electron chi connectivity index (χ0n) is 18.9. The molecule has 0 aromatic carbocycles. The van der Waals surface area contributed by atoms with Crippen LogP contribution in [0.1, 0.15) is 30.1 Å². The van der Waals surface area contributed by atoms with Crippen molar-refractivity contribution < 1.29 is 23.1 Å². The summed E-state index contributed by atoms with van der Waals surface area (Å²) in [4.78, 5) is 20.4. The maximum Gasteiger partial charge on any atom is 0.490 e. The van der Waals surface area contributed by atoms with Crippen molar-refractivity contribution in [1.82, 2.24) is 34.3 Å². The topological polar surface area (TPSA) is 101 Å². The largest absolute Gasteiger partial charge is 0.490 e. The van der Waals surface area contributed by atoms with Crippen LogP contribution in [0.15, 0.2) is 55.2 Å². The number of fused-ring (bicyclic) bond motifs is 1. The summed E-state index contributed by atoms with van der Waals surface area (Å²) in [7, 11) is 1.96. The number of likely N-dealkylation sites (tertiary alicyclic amines) is 1. The lowest BCUT2D eigenvalue weighted by atomic mass is 9.97. The van der Waals surface area contributed by atoms with Crippen molar-refractivity contribution in [3.05, 3.63) is 66.6 Å². The zero-order chi connectivity index (χ0) is 25.0. The van der Waals surface area contributed by atoms with Crippen molar-refractivity contribution in [2.45, 2.75) is 31.5 Å². The van der Waals surface area contributed by atoms with Gasteiger partial charge in [-0.05, 0) is 37.6 Å². The fourth-order valence-electron chi connectivity index (χ4n) is 4.00. The average Bonchev–Trinajstić information content (AvgIpc) is 3.45. The number of nitrogens with zero attached hydrogens (tertiary/aromatic N) is 7. The van der Waals surface area contributed by atoms with Crippen LogP contribution in [0.3, 0.4) is 0 Å². The fourth-order valence-corrected chi connectivity index (χ4v) is 4.00. The second kappa shape index (κ2) is 10.2. The van der Waals surface area contributed by atoms with Crippen LogP contribution in [-0.2, 0) is 18.4 Å². The summed E-state index contributed by atoms with van der Waals surface area (Å²) in [6.45, 7) is 3.04. The number of halogens is 3. The lowest BCUT2D eigenvalue weighted by Crippen LogP contribution is -2.34. The van der Waals surface area contributed by atoms with E-state index in [0.717, 1.165) is 48.7 Å². The maximum atomic E-state index is 10.6. The fraction of sp³-hybridized carbons (Fsp3) is 0.348. The standard InChI is InChI=1S/C21H23N7.C2HF3O2/c1-26-12-16(10-23-26)13-27-9-3-5-19(14-27)21-24-20-7-6-18(15-28(20)25-21)17-4-2-8-22-11-17;3-2(4,5)1(6)7/h2,4,6-8,10-12,15,19H,3,5,9,13-14H2,1H3;(H,6,7). The molecule has 1 fully saturated rings. The van der Waals surface area contributed by atoms with E-state index in [2.05, 4.69) is 33.3 Å². The molecule has 4 aromatic heterocycles. The Labute approximate surface area is 198 Å². The summed E-state index contributed by atoms with van der Waals surface area (Å²) in [5.41, 5.74) is 4.33. The number of carbonyl (C=O) groups is 1. The Morgan fingerprint density at radius 3 is 2.63 bits per heavy atom. The molecule has 0 spiro atoms. The van der Waals surface area contributed by atoms with Crippen molar-refractivity contribution in [2.24, 2.45) is 7.05 Å². The molecule has 0 bridgehead atoms. The molecule has 1 aliphatic rings. The molecule has 184 valence electrons. The van der Waals surface area contributed by atoms with E-state index in [4.69, 9.17) is 20.0 Å². The van der Waals surface area contributed by atoms with Gasteiger partial charge in [-0.2, -0.15) is 23.4 Å². The van der Waals surface area contributed by atoms with E-state index in [1.165, 1.54) is 12.0 Å². The second-order valence-electron chi connectivity index (χ2n) is 8.33. The Morgan fingerprint density at radius 2 is 1.97 bits per heavy atom. The van der Waals surface area contributed by atoms with Crippen LogP contribution in [0.5, 0.6) is 0 Å². The smallest absolute Gasteiger partial charge is 0.475 e. The van der Waals surface area contributed by atoms with Gasteiger partial charge in [0.2, 0.25) is 0 Å². The number of carboxylic acid groups (broad SMARTS) is 1. The SMILES string of the molecule is Cn1cc(CN2CCCC(c3nc4ccc(-c5cccnc5)cn4n3)C2)cn1.O=C(O)C(F)(F)F. The molecule has 1 unspecified atom stereocenters. The van der Waals surface area contributed by atoms with Gasteiger partial charge in [-0.15, -0.1) is 0 Å². The minimum absolute atomic E-state index is 0.368. The number of hydrogen-bond acceptors (Lipinski definition) is 6. The minimum Gasteiger partial charge on any atom is -0.475 e. The Kier molecular flexibility index (Phi) is 7.10. The van der Waals surface area contributed by atoms with Crippen molar-refractivity contribution in [3.8, 4) is 11.1 Å². The summed E-state index contributed by atoms with van der Waals surface area (Å²) in [5.74, 6) is -1.45. The second-order valence-corrected chi connectivity index (χ2v) is 8.33. The molecule has 12 heteroatoms. The van der Waals surface area contributed by atoms with Crippen molar-refractivity contribution in [2.75, 3.05) is 13.1 Å². The van der Waals surface area contributed by atoms with Crippen LogP contribution in [0.4, 0.5) is 13.2 Å². The molecular weight excluding hydrogens is 463 g/mol. The number of alkyl halides is 3. The normalized spacial score (nSPS) is 16.6. The van der Waals surface area contributed by atoms with Crippen molar-refractivity contribution in [3.63, 3.8) is 0 Å². The molecule has 9 nitrogen and oxygen atoms in total. The zero-order valence-corrected chi connectivity index (χ0v) is 18.9. The molecule has 0 saturated carbocycles. The van der Waals surface area contributed by atoms with Gasteiger partial charge in [0.25, 0.3) is 0 Å². The van der Waals surface area contributed by atoms with Crippen molar-refractivity contribution in [1.29, 1.82) is 0 Å². The van der Waals surface area contributed by atoms with Gasteiger partial charge in [0, 0.05) is 67.5 Å². The van der Waals surface area contributed by atoms with Crippen LogP contribution < -0.4 is 0 Å². The van der Waals surface area contributed by atoms with Crippen LogP contribution in [0.2, 0.25) is 0 Å². The van der Waals surface area contributed by atoms with Gasteiger partial charge in [-0.1, -0.05) is 6.07 Å². The van der Waals surface area contributed by atoms with Crippen LogP contribution >= 0.6 is 0 Å². The number of aryl methyl sites for hydroxylation is 1. The number of piperidine rings is 1. The Hall–Kier alpha value is -3.80. The van der Waals surface area contributed by atoms with Gasteiger partial charge >= 0.3 is 12.1 Å². The van der Waals surface area contributed by atoms with Crippen LogP contribution in [-0.4, -0.2) is 64.6 Å². The number of aromatic nitrogens is 6. The van der Waals surface area contributed by atoms with Gasteiger partial charge in [-0.25, -0.2) is 14.3 Å². The number of pyridine rings is 2. The van der Waals surface area contributed by atoms with Gasteiger partial charge in [-0.3, -0.25) is 14.6 Å². The van der Waals surface area contributed by atoms with Crippen LogP contribution in [0, 0.1) is 0 Å². The van der Waals surface area contributed by atoms with E-state index in [1.54, 1.807) is 6.20 Å². The number of rotatable bonds is 4. The van der Waals surface area contributed by atoms with E-state index < -0.39 is 12.1 Å². The van der Waals surface area contributed by atoms with E-state index in [9.17, 15) is 13.2 Å². The van der Waals surface area contributed by atoms with E-state index in [1.807, 2.05) is 47.0 Å². The first kappa shape index (κ1) is 24.3. The number of carboxylic acids is 1. The van der Waals surface area contributed by atoms with Gasteiger partial charge < -0.3 is 5.11 Å². The van der Waals surface area contributed by atoms with Crippen molar-refractivity contribution >= 4 is 11.6 Å². The van der Waals surface area contributed by atoms with Gasteiger partial charge in [0.15, 0.2) is 11.5 Å². The lowest BCUT2D eigenvalue weighted by Gasteiger charge is -2.30. The number of aliphatic carboxylic acids is 1. The Morgan fingerprint density at radius 1 is 1.17 bits per heavy atom. The third kappa shape index (κ3) is 6.21. The molecule has 1 saturated heterocycles. The highest BCUT2D eigenvalue weighted by Gasteiger charge is 2.38. The Bertz CT molecular complexity index is 1290.